The molecule has 4 aromatic heterocycles. The number of carbonyl (C=O) groups is 2. The van der Waals surface area contributed by atoms with E-state index >= 15 is 0 Å². The summed E-state index contributed by atoms with van der Waals surface area (Å²) in [6, 6.07) is 13.7. The SMILES string of the molecule is C.C1CNC1.Cc1ccc(NS(C)(=O)=O)c(C(=O)N2CCCC[C@H]2c2cc3nc(Cl)c(C)cn3n2)c1.Cc1ccc(NS(C)(=O)=O)c(C(=O)N2CCCC[C@H]2c2cc3nc(N4CCC4)c(C)cn3n2)c1.Cl. The van der Waals surface area contributed by atoms with Crippen LogP contribution in [-0.2, 0) is 20.0 Å². The Morgan fingerprint density at radius 3 is 1.48 bits per heavy atom. The van der Waals surface area contributed by atoms with Crippen LogP contribution in [-0.4, -0.2) is 119 Å². The number of fused-ring (bicyclic) bond motifs is 2. The number of anilines is 3. The Labute approximate surface area is 428 Å². The van der Waals surface area contributed by atoms with Crippen LogP contribution in [0.5, 0.6) is 0 Å². The Bertz CT molecular complexity index is 3080. The maximum absolute atomic E-state index is 13.7. The van der Waals surface area contributed by atoms with E-state index in [-0.39, 0.29) is 49.4 Å². The van der Waals surface area contributed by atoms with E-state index in [1.54, 1.807) is 50.3 Å². The first-order chi connectivity index (χ1) is 32.8. The van der Waals surface area contributed by atoms with Gasteiger partial charge in [0.25, 0.3) is 11.8 Å². The Kier molecular flexibility index (Phi) is 17.7. The monoisotopic (exact) mass is 1050 g/mol. The molecule has 384 valence electrons. The number of aryl methyl sites for hydroxylation is 4. The molecule has 0 spiro atoms. The van der Waals surface area contributed by atoms with Crippen LogP contribution >= 0.6 is 24.0 Å². The van der Waals surface area contributed by atoms with Crippen molar-refractivity contribution in [2.75, 3.05) is 66.1 Å². The number of sulfonamides is 2. The summed E-state index contributed by atoms with van der Waals surface area (Å²) in [4.78, 5) is 42.4. The number of piperidine rings is 2. The number of nitrogens with one attached hydrogen (secondary N) is 3. The van der Waals surface area contributed by atoms with Crippen molar-refractivity contribution in [1.82, 2.24) is 44.3 Å². The third kappa shape index (κ3) is 13.1. The maximum atomic E-state index is 13.7. The van der Waals surface area contributed by atoms with Gasteiger partial charge in [-0.15, -0.1) is 12.4 Å². The molecule has 18 nitrogen and oxygen atoms in total. The Balaban J connectivity index is 0.000000210. The molecule has 10 rings (SSSR count). The summed E-state index contributed by atoms with van der Waals surface area (Å²) >= 11 is 6.15. The average molecular weight is 1050 g/mol. The number of carbonyl (C=O) groups excluding carboxylic acids is 2. The zero-order chi connectivity index (χ0) is 49.2. The summed E-state index contributed by atoms with van der Waals surface area (Å²) in [5, 5.41) is 13.0. The number of nitrogens with zero attached hydrogens (tertiary/aromatic N) is 9. The van der Waals surface area contributed by atoms with E-state index in [9.17, 15) is 26.4 Å². The molecule has 0 unspecified atom stereocenters. The molecule has 2 aromatic carbocycles. The number of hydrogen-bond acceptors (Lipinski definition) is 12. The van der Waals surface area contributed by atoms with Crippen molar-refractivity contribution in [3.05, 3.63) is 111 Å². The van der Waals surface area contributed by atoms with Gasteiger partial charge in [0.1, 0.15) is 11.0 Å². The predicted octanol–water partition coefficient (Wildman–Crippen LogP) is 8.07. The molecule has 4 saturated heterocycles. The number of rotatable bonds is 9. The van der Waals surface area contributed by atoms with Gasteiger partial charge in [0.2, 0.25) is 20.0 Å². The van der Waals surface area contributed by atoms with E-state index in [4.69, 9.17) is 21.7 Å². The van der Waals surface area contributed by atoms with E-state index in [1.165, 1.54) is 25.9 Å². The van der Waals surface area contributed by atoms with E-state index < -0.39 is 20.0 Å². The lowest BCUT2D eigenvalue weighted by Gasteiger charge is -2.35. The van der Waals surface area contributed by atoms with Crippen molar-refractivity contribution in [2.24, 2.45) is 0 Å². The molecule has 2 amide bonds. The molecule has 8 heterocycles. The molecule has 4 aliphatic rings. The molecule has 0 aliphatic carbocycles. The van der Waals surface area contributed by atoms with Gasteiger partial charge < -0.3 is 20.0 Å². The number of hydrogen-bond donors (Lipinski definition) is 3. The van der Waals surface area contributed by atoms with Gasteiger partial charge in [0.05, 0.1) is 58.5 Å². The minimum Gasteiger partial charge on any atom is -0.356 e. The third-order valence-electron chi connectivity index (χ3n) is 12.7. The third-order valence-corrected chi connectivity index (χ3v) is 14.3. The highest BCUT2D eigenvalue weighted by atomic mass is 35.5. The Morgan fingerprint density at radius 2 is 1.07 bits per heavy atom. The molecular formula is C49H66Cl2N12O6S2. The van der Waals surface area contributed by atoms with Crippen molar-refractivity contribution in [2.45, 2.75) is 98.6 Å². The summed E-state index contributed by atoms with van der Waals surface area (Å²) in [5.74, 6) is 0.582. The number of amides is 2. The summed E-state index contributed by atoms with van der Waals surface area (Å²) in [6.45, 7) is 13.4. The van der Waals surface area contributed by atoms with Crippen LogP contribution in [0.25, 0.3) is 11.3 Å². The van der Waals surface area contributed by atoms with Crippen LogP contribution in [0.15, 0.2) is 60.9 Å². The standard InChI is InChI=1S/C24H30N6O3S.C21H24ClN5O3S.C3H7N.CH4.ClH/c1-16-8-9-19(27-34(3,32)33)18(13-16)24(31)29-12-5-4-7-21(29)20-14-22-25-23(28-10-6-11-28)17(2)15-30(22)26-20;1-13-7-8-16(25-31(3,29)30)15(10-13)21(28)26-9-5-4-6-18(26)17-11-19-23-20(22)14(2)12-27(19)24-17;1-2-4-3-1;;/h8-9,13-15,21,27H,4-7,10-12H2,1-3H3;7-8,10-12,18,25H,4-6,9H2,1-3H3;4H,1-3H2;1H4;1H/t21-;18-;;;/m00.../s1. The van der Waals surface area contributed by atoms with Gasteiger partial charge in [-0.2, -0.15) is 10.2 Å². The summed E-state index contributed by atoms with van der Waals surface area (Å²) in [7, 11) is -7.05. The van der Waals surface area contributed by atoms with Crippen LogP contribution in [0.4, 0.5) is 17.2 Å². The van der Waals surface area contributed by atoms with Crippen molar-refractivity contribution >= 4 is 84.4 Å². The highest BCUT2D eigenvalue weighted by Gasteiger charge is 2.34. The number of benzene rings is 2. The van der Waals surface area contributed by atoms with E-state index in [0.717, 1.165) is 109 Å². The predicted molar refractivity (Wildman–Crippen MR) is 283 cm³/mol. The molecule has 71 heavy (non-hydrogen) atoms. The quantitative estimate of drug-likeness (QED) is 0.118. The van der Waals surface area contributed by atoms with Gasteiger partial charge in [-0.05, 0) is 116 Å². The second kappa shape index (κ2) is 22.9. The first kappa shape index (κ1) is 54.8. The van der Waals surface area contributed by atoms with Gasteiger partial charge in [-0.3, -0.25) is 19.0 Å². The lowest BCUT2D eigenvalue weighted by molar-refractivity contribution is 0.0599. The van der Waals surface area contributed by atoms with Gasteiger partial charge in [-0.1, -0.05) is 42.3 Å². The maximum Gasteiger partial charge on any atom is 0.256 e. The molecule has 6 aromatic rings. The fraction of sp³-hybridized carbons (Fsp3) is 0.469. The molecule has 0 radical (unpaired) electrons. The summed E-state index contributed by atoms with van der Waals surface area (Å²) in [6.07, 6.45) is 13.9. The highest BCUT2D eigenvalue weighted by molar-refractivity contribution is 7.92. The van der Waals surface area contributed by atoms with Gasteiger partial charge >= 0.3 is 0 Å². The normalized spacial score (nSPS) is 17.8. The molecule has 4 fully saturated rings. The number of halogens is 2. The topological polar surface area (TPSA) is 209 Å². The molecule has 0 bridgehead atoms. The summed E-state index contributed by atoms with van der Waals surface area (Å²) < 4.78 is 55.8. The van der Waals surface area contributed by atoms with Crippen LogP contribution in [0, 0.1) is 27.7 Å². The molecule has 3 N–H and O–H groups in total. The fourth-order valence-electron chi connectivity index (χ4n) is 8.90. The lowest BCUT2D eigenvalue weighted by atomic mass is 9.97. The van der Waals surface area contributed by atoms with Crippen molar-refractivity contribution < 1.29 is 26.4 Å². The minimum atomic E-state index is -3.53. The average Bonchev–Trinajstić information content (AvgIpc) is 3.86. The second-order valence-electron chi connectivity index (χ2n) is 18.5. The van der Waals surface area contributed by atoms with Crippen LogP contribution < -0.4 is 19.7 Å². The Morgan fingerprint density at radius 1 is 0.634 bits per heavy atom. The van der Waals surface area contributed by atoms with E-state index in [0.29, 0.717) is 40.7 Å². The van der Waals surface area contributed by atoms with E-state index in [2.05, 4.69) is 29.7 Å². The lowest BCUT2D eigenvalue weighted by Crippen LogP contribution is -2.39. The first-order valence-electron chi connectivity index (χ1n) is 23.5. The molecule has 4 aliphatic heterocycles. The first-order valence-corrected chi connectivity index (χ1v) is 27.6. The molecular weight excluding hydrogens is 988 g/mol. The molecule has 0 saturated carbocycles. The number of likely N-dealkylation sites (tertiary alicyclic amines) is 2. The molecule has 22 heteroatoms. The zero-order valence-electron chi connectivity index (χ0n) is 40.4. The molecule has 2 atom stereocenters. The van der Waals surface area contributed by atoms with Crippen molar-refractivity contribution in [1.29, 1.82) is 0 Å². The van der Waals surface area contributed by atoms with E-state index in [1.807, 2.05) is 57.1 Å². The van der Waals surface area contributed by atoms with Gasteiger partial charge in [0.15, 0.2) is 11.3 Å². The van der Waals surface area contributed by atoms with Gasteiger partial charge in [0, 0.05) is 61.8 Å². The smallest absolute Gasteiger partial charge is 0.256 e. The van der Waals surface area contributed by atoms with Crippen molar-refractivity contribution in [3.63, 3.8) is 0 Å². The zero-order valence-corrected chi connectivity index (χ0v) is 43.6. The largest absolute Gasteiger partial charge is 0.356 e. The van der Waals surface area contributed by atoms with Crippen LogP contribution in [0.3, 0.4) is 0 Å². The highest BCUT2D eigenvalue weighted by Crippen LogP contribution is 2.36. The van der Waals surface area contributed by atoms with Gasteiger partial charge in [-0.25, -0.2) is 35.8 Å². The second-order valence-corrected chi connectivity index (χ2v) is 22.4. The fourth-order valence-corrected chi connectivity index (χ4v) is 10.2. The van der Waals surface area contributed by atoms with Crippen molar-refractivity contribution in [3.8, 4) is 0 Å². The Hall–Kier alpha value is -5.54. The van der Waals surface area contributed by atoms with Crippen LogP contribution in [0.1, 0.15) is 125 Å². The minimum absolute atomic E-state index is 0. The summed E-state index contributed by atoms with van der Waals surface area (Å²) in [5.41, 5.74) is 7.88. The number of aromatic nitrogens is 6. The van der Waals surface area contributed by atoms with Crippen LogP contribution in [0.2, 0.25) is 5.15 Å².